The lowest BCUT2D eigenvalue weighted by Gasteiger charge is -2.22. The van der Waals surface area contributed by atoms with Gasteiger partial charge in [0.25, 0.3) is 0 Å². The summed E-state index contributed by atoms with van der Waals surface area (Å²) in [6, 6.07) is 10.9. The number of rotatable bonds is 5. The maximum atomic E-state index is 11.9. The standard InChI is InChI=1S/C15H16ClNO2S/c1-15(19,13-3-2-8-20-13)10-17-14(18)9-11-4-6-12(16)7-5-11/h2-8,19H,9-10H2,1H3,(H,17,18). The lowest BCUT2D eigenvalue weighted by molar-refractivity contribution is -0.121. The lowest BCUT2D eigenvalue weighted by atomic mass is 10.0. The van der Waals surface area contributed by atoms with E-state index in [0.29, 0.717) is 5.02 Å². The van der Waals surface area contributed by atoms with Crippen molar-refractivity contribution < 1.29 is 9.90 Å². The minimum atomic E-state index is -1.04. The Bertz CT molecular complexity index is 564. The van der Waals surface area contributed by atoms with Gasteiger partial charge in [0.05, 0.1) is 13.0 Å². The Morgan fingerprint density at radius 3 is 2.65 bits per heavy atom. The summed E-state index contributed by atoms with van der Waals surface area (Å²) in [6.07, 6.45) is 0.275. The van der Waals surface area contributed by atoms with Crippen molar-refractivity contribution in [3.05, 3.63) is 57.2 Å². The number of amides is 1. The fraction of sp³-hybridized carbons (Fsp3) is 0.267. The van der Waals surface area contributed by atoms with Crippen LogP contribution in [0.3, 0.4) is 0 Å². The molecule has 106 valence electrons. The average Bonchev–Trinajstić information content (AvgIpc) is 2.94. The third-order valence-electron chi connectivity index (χ3n) is 2.96. The van der Waals surface area contributed by atoms with Gasteiger partial charge in [0.1, 0.15) is 5.60 Å². The number of nitrogens with one attached hydrogen (secondary N) is 1. The molecule has 3 nitrogen and oxygen atoms in total. The highest BCUT2D eigenvalue weighted by molar-refractivity contribution is 7.10. The van der Waals surface area contributed by atoms with Crippen molar-refractivity contribution in [2.45, 2.75) is 18.9 Å². The molecule has 1 aromatic carbocycles. The van der Waals surface area contributed by atoms with E-state index in [9.17, 15) is 9.90 Å². The van der Waals surface area contributed by atoms with Crippen molar-refractivity contribution in [1.82, 2.24) is 5.32 Å². The monoisotopic (exact) mass is 309 g/mol. The molecule has 1 unspecified atom stereocenters. The Kier molecular flexibility index (Phi) is 4.81. The lowest BCUT2D eigenvalue weighted by Crippen LogP contribution is -2.38. The van der Waals surface area contributed by atoms with Crippen LogP contribution in [-0.2, 0) is 16.8 Å². The predicted molar refractivity (Wildman–Crippen MR) is 82.1 cm³/mol. The molecule has 0 aliphatic rings. The zero-order valence-corrected chi connectivity index (χ0v) is 12.7. The van der Waals surface area contributed by atoms with Gasteiger partial charge < -0.3 is 10.4 Å². The van der Waals surface area contributed by atoms with Crippen LogP contribution in [0.25, 0.3) is 0 Å². The van der Waals surface area contributed by atoms with Crippen molar-refractivity contribution >= 4 is 28.8 Å². The van der Waals surface area contributed by atoms with Crippen LogP contribution in [0.5, 0.6) is 0 Å². The Balaban J connectivity index is 1.88. The summed E-state index contributed by atoms with van der Waals surface area (Å²) in [5.41, 5.74) is -0.147. The highest BCUT2D eigenvalue weighted by atomic mass is 35.5. The second kappa shape index (κ2) is 6.39. The second-order valence-electron chi connectivity index (χ2n) is 4.83. The molecule has 1 atom stereocenters. The highest BCUT2D eigenvalue weighted by Gasteiger charge is 2.24. The van der Waals surface area contributed by atoms with E-state index in [2.05, 4.69) is 5.32 Å². The molecule has 0 saturated heterocycles. The number of aliphatic hydroxyl groups is 1. The molecule has 0 aliphatic heterocycles. The smallest absolute Gasteiger partial charge is 0.224 e. The molecule has 5 heteroatoms. The molecule has 20 heavy (non-hydrogen) atoms. The molecule has 2 aromatic rings. The number of carbonyl (C=O) groups is 1. The highest BCUT2D eigenvalue weighted by Crippen LogP contribution is 2.24. The molecular weight excluding hydrogens is 294 g/mol. The largest absolute Gasteiger partial charge is 0.383 e. The minimum Gasteiger partial charge on any atom is -0.383 e. The van der Waals surface area contributed by atoms with E-state index < -0.39 is 5.60 Å². The third kappa shape index (κ3) is 4.07. The van der Waals surface area contributed by atoms with E-state index in [1.807, 2.05) is 29.6 Å². The molecule has 0 bridgehead atoms. The van der Waals surface area contributed by atoms with Crippen molar-refractivity contribution in [2.24, 2.45) is 0 Å². The van der Waals surface area contributed by atoms with Gasteiger partial charge in [-0.05, 0) is 36.1 Å². The van der Waals surface area contributed by atoms with Crippen LogP contribution in [-0.4, -0.2) is 17.6 Å². The summed E-state index contributed by atoms with van der Waals surface area (Å²) in [5.74, 6) is -0.121. The first-order chi connectivity index (χ1) is 9.47. The van der Waals surface area contributed by atoms with Crippen LogP contribution < -0.4 is 5.32 Å². The van der Waals surface area contributed by atoms with E-state index in [0.717, 1.165) is 10.4 Å². The van der Waals surface area contributed by atoms with E-state index >= 15 is 0 Å². The Morgan fingerprint density at radius 1 is 1.35 bits per heavy atom. The molecule has 2 N–H and O–H groups in total. The molecule has 1 amide bonds. The quantitative estimate of drug-likeness (QED) is 0.892. The first-order valence-corrected chi connectivity index (χ1v) is 7.51. The van der Waals surface area contributed by atoms with Gasteiger partial charge in [-0.25, -0.2) is 0 Å². The maximum absolute atomic E-state index is 11.9. The van der Waals surface area contributed by atoms with Crippen LogP contribution >= 0.6 is 22.9 Å². The number of hydrogen-bond acceptors (Lipinski definition) is 3. The molecule has 0 aliphatic carbocycles. The van der Waals surface area contributed by atoms with Crippen LogP contribution in [0, 0.1) is 0 Å². The number of thiophene rings is 1. The van der Waals surface area contributed by atoms with Gasteiger partial charge in [-0.2, -0.15) is 0 Å². The van der Waals surface area contributed by atoms with Gasteiger partial charge in [0, 0.05) is 9.90 Å². The van der Waals surface area contributed by atoms with Crippen LogP contribution in [0.4, 0.5) is 0 Å². The summed E-state index contributed by atoms with van der Waals surface area (Å²) in [5, 5.41) is 15.6. The Labute approximate surface area is 127 Å². The normalized spacial score (nSPS) is 13.8. The Morgan fingerprint density at radius 2 is 2.05 bits per heavy atom. The maximum Gasteiger partial charge on any atom is 0.224 e. The SMILES string of the molecule is CC(O)(CNC(=O)Cc1ccc(Cl)cc1)c1cccs1. The van der Waals surface area contributed by atoms with Gasteiger partial charge in [-0.15, -0.1) is 11.3 Å². The van der Waals surface area contributed by atoms with E-state index in [-0.39, 0.29) is 18.9 Å². The van der Waals surface area contributed by atoms with Gasteiger partial charge >= 0.3 is 0 Å². The molecular formula is C15H16ClNO2S. The third-order valence-corrected chi connectivity index (χ3v) is 4.33. The molecule has 0 fully saturated rings. The molecule has 0 spiro atoms. The van der Waals surface area contributed by atoms with E-state index in [1.54, 1.807) is 19.1 Å². The molecule has 1 heterocycles. The van der Waals surface area contributed by atoms with Crippen molar-refractivity contribution in [3.63, 3.8) is 0 Å². The molecule has 0 radical (unpaired) electrons. The number of benzene rings is 1. The minimum absolute atomic E-state index is 0.121. The zero-order chi connectivity index (χ0) is 14.6. The fourth-order valence-corrected chi connectivity index (χ4v) is 2.71. The van der Waals surface area contributed by atoms with E-state index in [4.69, 9.17) is 11.6 Å². The van der Waals surface area contributed by atoms with Gasteiger partial charge in [0.15, 0.2) is 0 Å². The van der Waals surface area contributed by atoms with Crippen LogP contribution in [0.15, 0.2) is 41.8 Å². The predicted octanol–water partition coefficient (Wildman–Crippen LogP) is 2.97. The number of hydrogen-bond donors (Lipinski definition) is 2. The number of halogens is 1. The summed E-state index contributed by atoms with van der Waals surface area (Å²) < 4.78 is 0. The summed E-state index contributed by atoms with van der Waals surface area (Å²) >= 11 is 7.26. The summed E-state index contributed by atoms with van der Waals surface area (Å²) in [7, 11) is 0. The first kappa shape index (κ1) is 15.0. The number of carbonyl (C=O) groups excluding carboxylic acids is 1. The second-order valence-corrected chi connectivity index (χ2v) is 6.22. The van der Waals surface area contributed by atoms with Crippen molar-refractivity contribution in [1.29, 1.82) is 0 Å². The first-order valence-electron chi connectivity index (χ1n) is 6.25. The summed E-state index contributed by atoms with van der Waals surface area (Å²) in [4.78, 5) is 12.7. The summed E-state index contributed by atoms with van der Waals surface area (Å²) in [6.45, 7) is 1.89. The average molecular weight is 310 g/mol. The van der Waals surface area contributed by atoms with Gasteiger partial charge in [-0.1, -0.05) is 29.8 Å². The zero-order valence-electron chi connectivity index (χ0n) is 11.1. The molecule has 1 aromatic heterocycles. The fourth-order valence-electron chi connectivity index (χ4n) is 1.79. The van der Waals surface area contributed by atoms with Crippen molar-refractivity contribution in [3.8, 4) is 0 Å². The van der Waals surface area contributed by atoms with Crippen molar-refractivity contribution in [2.75, 3.05) is 6.54 Å². The Hall–Kier alpha value is -1.36. The molecule has 2 rings (SSSR count). The van der Waals surface area contributed by atoms with Gasteiger partial charge in [-0.3, -0.25) is 4.79 Å². The van der Waals surface area contributed by atoms with E-state index in [1.165, 1.54) is 11.3 Å². The molecule has 0 saturated carbocycles. The van der Waals surface area contributed by atoms with Crippen LogP contribution in [0.2, 0.25) is 5.02 Å². The van der Waals surface area contributed by atoms with Gasteiger partial charge in [0.2, 0.25) is 5.91 Å². The topological polar surface area (TPSA) is 49.3 Å². The van der Waals surface area contributed by atoms with Crippen LogP contribution in [0.1, 0.15) is 17.4 Å².